The minimum absolute atomic E-state index is 0.0615. The molecule has 0 unspecified atom stereocenters. The molecule has 0 aliphatic heterocycles. The van der Waals surface area contributed by atoms with Crippen molar-refractivity contribution in [2.75, 3.05) is 13.7 Å². The first kappa shape index (κ1) is 30.7. The normalized spacial score (nSPS) is 14.4. The number of thiophene rings is 1. The van der Waals surface area contributed by atoms with Crippen LogP contribution >= 0.6 is 11.3 Å². The number of carbonyl (C=O) groups excluding carboxylic acids is 1. The van der Waals surface area contributed by atoms with Crippen LogP contribution < -0.4 is 0 Å². The molecular weight excluding hydrogens is 482 g/mol. The zero-order chi connectivity index (χ0) is 26.4. The maximum Gasteiger partial charge on any atom is 0.231 e. The number of carbonyl (C=O) groups is 1. The number of likely N-dealkylation sites (N-methyl/N-ethyl adjacent to an activating group) is 1. The number of benzene rings is 1. The summed E-state index contributed by atoms with van der Waals surface area (Å²) in [7, 11) is 0.00546. The van der Waals surface area contributed by atoms with E-state index in [1.54, 1.807) is 16.2 Å². The molecule has 1 heterocycles. The zero-order valence-electron chi connectivity index (χ0n) is 23.2. The molecule has 1 N–H and O–H groups in total. The second-order valence-corrected chi connectivity index (χ2v) is 15.4. The van der Waals surface area contributed by atoms with Gasteiger partial charge in [0.05, 0.1) is 18.1 Å². The van der Waals surface area contributed by atoms with Crippen molar-refractivity contribution in [1.29, 1.82) is 0 Å². The minimum Gasteiger partial charge on any atom is -0.417 e. The highest BCUT2D eigenvalue weighted by atomic mass is 32.1. The lowest BCUT2D eigenvalue weighted by Gasteiger charge is -2.34. The molecule has 2 rings (SSSR count). The molecule has 0 aliphatic rings. The fourth-order valence-electron chi connectivity index (χ4n) is 4.95. The van der Waals surface area contributed by atoms with Crippen molar-refractivity contribution in [3.05, 3.63) is 58.3 Å². The van der Waals surface area contributed by atoms with E-state index in [0.29, 0.717) is 13.0 Å². The summed E-state index contributed by atoms with van der Waals surface area (Å²) in [6, 6.07) is 17.1. The molecule has 6 heteroatoms. The number of hydrogen-bond acceptors (Lipinski definition) is 4. The summed E-state index contributed by atoms with van der Waals surface area (Å²) in [5.41, 5.74) is 0.833. The van der Waals surface area contributed by atoms with Crippen molar-refractivity contribution in [1.82, 2.24) is 4.90 Å². The molecule has 0 spiro atoms. The SMILES string of the molecule is CCCC[Si](CCCC)(CCCC)OCC[C@H](C(=O)N(C)[C@@H](C)[C@@H](O)c1ccccc1)c1cccs1. The first-order valence-corrected chi connectivity index (χ1v) is 17.5. The molecule has 36 heavy (non-hydrogen) atoms. The van der Waals surface area contributed by atoms with Gasteiger partial charge in [0.25, 0.3) is 0 Å². The molecule has 0 radical (unpaired) electrons. The van der Waals surface area contributed by atoms with Crippen molar-refractivity contribution in [2.24, 2.45) is 0 Å². The second kappa shape index (κ2) is 16.4. The number of aliphatic hydroxyl groups excluding tert-OH is 1. The average molecular weight is 532 g/mol. The number of nitrogens with zero attached hydrogens (tertiary/aromatic N) is 1. The standard InChI is InChI=1S/C30H49NO3SSi/c1-6-9-22-36(23-10-7-2,24-11-8-3)34-20-19-27(28-18-15-21-35-28)30(33)31(5)25(4)29(32)26-16-13-12-14-17-26/h12-18,21,25,27,29,32H,6-11,19-20,22-24H2,1-5H3/t25-,27-,29+/m0/s1. The van der Waals surface area contributed by atoms with Crippen molar-refractivity contribution in [2.45, 2.75) is 109 Å². The molecule has 0 saturated heterocycles. The molecule has 0 fully saturated rings. The van der Waals surface area contributed by atoms with Gasteiger partial charge in [-0.1, -0.05) is 95.7 Å². The van der Waals surface area contributed by atoms with Gasteiger partial charge in [-0.25, -0.2) is 0 Å². The number of amides is 1. The van der Waals surface area contributed by atoms with Gasteiger partial charge in [-0.15, -0.1) is 11.3 Å². The summed E-state index contributed by atoms with van der Waals surface area (Å²) in [4.78, 5) is 16.6. The van der Waals surface area contributed by atoms with E-state index >= 15 is 0 Å². The molecular formula is C30H49NO3SSi. The van der Waals surface area contributed by atoms with E-state index in [4.69, 9.17) is 4.43 Å². The third-order valence-corrected chi connectivity index (χ3v) is 13.1. The Morgan fingerprint density at radius 3 is 2.06 bits per heavy atom. The van der Waals surface area contributed by atoms with E-state index in [9.17, 15) is 9.90 Å². The maximum atomic E-state index is 13.8. The van der Waals surface area contributed by atoms with Crippen LogP contribution in [-0.2, 0) is 9.22 Å². The monoisotopic (exact) mass is 531 g/mol. The predicted octanol–water partition coefficient (Wildman–Crippen LogP) is 8.16. The highest BCUT2D eigenvalue weighted by Crippen LogP contribution is 2.33. The third kappa shape index (κ3) is 9.12. The van der Waals surface area contributed by atoms with Gasteiger partial charge in [0, 0.05) is 18.5 Å². The molecule has 1 aromatic carbocycles. The molecule has 1 amide bonds. The Kier molecular flexibility index (Phi) is 14.0. The van der Waals surface area contributed by atoms with Gasteiger partial charge in [0.1, 0.15) is 0 Å². The van der Waals surface area contributed by atoms with Crippen LogP contribution in [0, 0.1) is 0 Å². The number of rotatable bonds is 18. The van der Waals surface area contributed by atoms with Gasteiger partial charge in [-0.05, 0) is 48.5 Å². The van der Waals surface area contributed by atoms with Crippen molar-refractivity contribution in [3.8, 4) is 0 Å². The number of unbranched alkanes of at least 4 members (excludes halogenated alkanes) is 3. The molecule has 0 saturated carbocycles. The zero-order valence-corrected chi connectivity index (χ0v) is 25.1. The summed E-state index contributed by atoms with van der Waals surface area (Å²) in [6.45, 7) is 9.37. The molecule has 1 aromatic heterocycles. The number of hydrogen-bond donors (Lipinski definition) is 1. The topological polar surface area (TPSA) is 49.8 Å². The van der Waals surface area contributed by atoms with Crippen LogP contribution in [0.4, 0.5) is 0 Å². The number of aliphatic hydroxyl groups is 1. The fraction of sp³-hybridized carbons (Fsp3) is 0.633. The average Bonchev–Trinajstić information content (AvgIpc) is 3.45. The van der Waals surface area contributed by atoms with Crippen molar-refractivity contribution in [3.63, 3.8) is 0 Å². The summed E-state index contributed by atoms with van der Waals surface area (Å²) in [6.07, 6.45) is 7.31. The molecule has 0 aliphatic carbocycles. The summed E-state index contributed by atoms with van der Waals surface area (Å²) >= 11 is 1.64. The Hall–Kier alpha value is -1.47. The Balaban J connectivity index is 2.15. The van der Waals surface area contributed by atoms with Crippen LogP contribution in [-0.4, -0.2) is 43.9 Å². The lowest BCUT2D eigenvalue weighted by molar-refractivity contribution is -0.135. The molecule has 4 nitrogen and oxygen atoms in total. The smallest absolute Gasteiger partial charge is 0.231 e. The first-order chi connectivity index (χ1) is 17.4. The van der Waals surface area contributed by atoms with Gasteiger partial charge in [0.15, 0.2) is 8.32 Å². The fourth-order valence-corrected chi connectivity index (χ4v) is 10.5. The first-order valence-electron chi connectivity index (χ1n) is 14.1. The Labute approximate surface area is 225 Å². The van der Waals surface area contributed by atoms with E-state index in [1.165, 1.54) is 56.7 Å². The molecule has 202 valence electrons. The second-order valence-electron chi connectivity index (χ2n) is 10.2. The van der Waals surface area contributed by atoms with Crippen LogP contribution in [0.25, 0.3) is 0 Å². The van der Waals surface area contributed by atoms with Gasteiger partial charge in [0.2, 0.25) is 5.91 Å². The Morgan fingerprint density at radius 2 is 1.56 bits per heavy atom. The minimum atomic E-state index is -1.82. The largest absolute Gasteiger partial charge is 0.417 e. The predicted molar refractivity (Wildman–Crippen MR) is 156 cm³/mol. The maximum absolute atomic E-state index is 13.8. The molecule has 3 atom stereocenters. The van der Waals surface area contributed by atoms with Gasteiger partial charge in [-0.3, -0.25) is 4.79 Å². The van der Waals surface area contributed by atoms with Crippen LogP contribution in [0.1, 0.15) is 95.1 Å². The quantitative estimate of drug-likeness (QED) is 0.197. The van der Waals surface area contributed by atoms with Crippen molar-refractivity contribution >= 4 is 25.6 Å². The van der Waals surface area contributed by atoms with Gasteiger partial charge >= 0.3 is 0 Å². The molecule has 0 bridgehead atoms. The summed E-state index contributed by atoms with van der Waals surface area (Å²) in [5.74, 6) is -0.179. The highest BCUT2D eigenvalue weighted by Gasteiger charge is 2.35. The van der Waals surface area contributed by atoms with Crippen LogP contribution in [0.2, 0.25) is 18.1 Å². The van der Waals surface area contributed by atoms with Crippen LogP contribution in [0.5, 0.6) is 0 Å². The van der Waals surface area contributed by atoms with Gasteiger partial charge < -0.3 is 14.4 Å². The van der Waals surface area contributed by atoms with E-state index < -0.39 is 14.4 Å². The third-order valence-electron chi connectivity index (χ3n) is 7.51. The highest BCUT2D eigenvalue weighted by molar-refractivity contribution is 7.10. The van der Waals surface area contributed by atoms with E-state index in [-0.39, 0.29) is 17.9 Å². The van der Waals surface area contributed by atoms with Gasteiger partial charge in [-0.2, -0.15) is 0 Å². The van der Waals surface area contributed by atoms with Crippen LogP contribution in [0.15, 0.2) is 47.8 Å². The van der Waals surface area contributed by atoms with E-state index in [1.807, 2.05) is 55.7 Å². The molecule has 2 aromatic rings. The summed E-state index contributed by atoms with van der Waals surface area (Å²) in [5, 5.41) is 13.0. The van der Waals surface area contributed by atoms with Crippen molar-refractivity contribution < 1.29 is 14.3 Å². The van der Waals surface area contributed by atoms with Crippen LogP contribution in [0.3, 0.4) is 0 Å². The Morgan fingerprint density at radius 1 is 0.972 bits per heavy atom. The summed E-state index contributed by atoms with van der Waals surface area (Å²) < 4.78 is 6.90. The lowest BCUT2D eigenvalue weighted by atomic mass is 9.98. The Bertz CT molecular complexity index is 823. The lowest BCUT2D eigenvalue weighted by Crippen LogP contribution is -2.42. The van der Waals surface area contributed by atoms with E-state index in [2.05, 4.69) is 26.8 Å². The van der Waals surface area contributed by atoms with E-state index in [0.717, 1.165) is 10.4 Å².